The van der Waals surface area contributed by atoms with Gasteiger partial charge in [-0.2, -0.15) is 0 Å². The number of unbranched alkanes of at least 4 members (excludes halogenated alkanes) is 1. The third-order valence-electron chi connectivity index (χ3n) is 4.60. The average Bonchev–Trinajstić information content (AvgIpc) is 2.73. The Balaban J connectivity index is 2.18. The van der Waals surface area contributed by atoms with Gasteiger partial charge >= 0.3 is 0 Å². The van der Waals surface area contributed by atoms with Crippen molar-refractivity contribution in [1.29, 1.82) is 0 Å². The maximum Gasteiger partial charge on any atom is 0.0925 e. The van der Waals surface area contributed by atoms with Gasteiger partial charge in [-0.3, -0.25) is 0 Å². The number of hydrogen-bond acceptors (Lipinski definition) is 2. The molecule has 2 nitrogen and oxygen atoms in total. The third kappa shape index (κ3) is 6.49. The number of rotatable bonds is 10. The first kappa shape index (κ1) is 20.6. The quantitative estimate of drug-likeness (QED) is 0.350. The third-order valence-corrected chi connectivity index (χ3v) is 4.60. The molecule has 0 spiro atoms. The molecule has 0 saturated carbocycles. The van der Waals surface area contributed by atoms with Gasteiger partial charge < -0.3 is 9.64 Å². The summed E-state index contributed by atoms with van der Waals surface area (Å²) in [5, 5.41) is 0. The summed E-state index contributed by atoms with van der Waals surface area (Å²) in [6.45, 7) is 10.1. The van der Waals surface area contributed by atoms with E-state index in [2.05, 4.69) is 73.0 Å². The minimum Gasteiger partial charge on any atom is -0.501 e. The lowest BCUT2D eigenvalue weighted by atomic mass is 10.0. The van der Waals surface area contributed by atoms with Crippen molar-refractivity contribution in [3.05, 3.63) is 96.4 Å². The van der Waals surface area contributed by atoms with E-state index in [1.54, 1.807) is 7.11 Å². The molecule has 0 saturated heterocycles. The van der Waals surface area contributed by atoms with Gasteiger partial charge in [0.2, 0.25) is 0 Å². The van der Waals surface area contributed by atoms with Crippen LogP contribution in [0.15, 0.2) is 90.9 Å². The lowest BCUT2D eigenvalue weighted by Crippen LogP contribution is -2.23. The molecule has 0 fully saturated rings. The Bertz CT molecular complexity index is 757. The van der Waals surface area contributed by atoms with Gasteiger partial charge in [-0.1, -0.05) is 74.5 Å². The summed E-state index contributed by atoms with van der Waals surface area (Å²) >= 11 is 0. The lowest BCUT2D eigenvalue weighted by Gasteiger charge is -2.26. The maximum atomic E-state index is 5.24. The first-order valence-electron chi connectivity index (χ1n) is 9.62. The molecular formula is C25H31NO. The van der Waals surface area contributed by atoms with Gasteiger partial charge in [0, 0.05) is 18.8 Å². The molecule has 0 N–H and O–H groups in total. The largest absolute Gasteiger partial charge is 0.501 e. The highest BCUT2D eigenvalue weighted by atomic mass is 16.5. The van der Waals surface area contributed by atoms with Crippen molar-refractivity contribution in [2.75, 3.05) is 13.7 Å². The molecule has 0 amide bonds. The van der Waals surface area contributed by atoms with Gasteiger partial charge in [-0.05, 0) is 48.3 Å². The van der Waals surface area contributed by atoms with Crippen molar-refractivity contribution in [2.24, 2.45) is 0 Å². The van der Waals surface area contributed by atoms with Gasteiger partial charge in [-0.15, -0.1) is 0 Å². The smallest absolute Gasteiger partial charge is 0.0925 e. The number of benzene rings is 2. The molecule has 2 aromatic carbocycles. The first-order chi connectivity index (χ1) is 13.2. The molecule has 0 bridgehead atoms. The zero-order valence-electron chi connectivity index (χ0n) is 16.8. The molecule has 2 aromatic rings. The standard InChI is InChI=1S/C25H31NO/c1-5-7-19-26(25(6-2)18-13-21(3)27-4)20-22-14-16-24(17-15-22)23-11-9-8-10-12-23/h6,8-18H,2,5,7,19-20H2,1,3-4H3/b21-13+,25-18+. The Morgan fingerprint density at radius 3 is 2.26 bits per heavy atom. The summed E-state index contributed by atoms with van der Waals surface area (Å²) in [4.78, 5) is 2.38. The molecule has 2 rings (SSSR count). The van der Waals surface area contributed by atoms with E-state index in [1.165, 1.54) is 23.1 Å². The van der Waals surface area contributed by atoms with Crippen LogP contribution in [0.2, 0.25) is 0 Å². The fourth-order valence-corrected chi connectivity index (χ4v) is 2.88. The molecule has 27 heavy (non-hydrogen) atoms. The molecular weight excluding hydrogens is 330 g/mol. The minimum absolute atomic E-state index is 0.868. The molecule has 142 valence electrons. The Labute approximate surface area is 164 Å². The summed E-state index contributed by atoms with van der Waals surface area (Å²) in [6.07, 6.45) is 8.32. The summed E-state index contributed by atoms with van der Waals surface area (Å²) in [7, 11) is 1.69. The monoisotopic (exact) mass is 361 g/mol. The Morgan fingerprint density at radius 1 is 1.00 bits per heavy atom. The number of nitrogens with zero attached hydrogens (tertiary/aromatic N) is 1. The Morgan fingerprint density at radius 2 is 1.67 bits per heavy atom. The maximum absolute atomic E-state index is 5.24. The minimum atomic E-state index is 0.868. The molecule has 2 heteroatoms. The van der Waals surface area contributed by atoms with E-state index in [4.69, 9.17) is 4.74 Å². The van der Waals surface area contributed by atoms with Crippen LogP contribution < -0.4 is 0 Å². The van der Waals surface area contributed by atoms with Gasteiger partial charge in [0.1, 0.15) is 0 Å². The molecule has 0 unspecified atom stereocenters. The van der Waals surface area contributed by atoms with Gasteiger partial charge in [0.05, 0.1) is 12.9 Å². The summed E-state index contributed by atoms with van der Waals surface area (Å²) in [6, 6.07) is 19.3. The predicted molar refractivity (Wildman–Crippen MR) is 116 cm³/mol. The van der Waals surface area contributed by atoms with Crippen LogP contribution in [0.5, 0.6) is 0 Å². The predicted octanol–water partition coefficient (Wildman–Crippen LogP) is 6.58. The van der Waals surface area contributed by atoms with Crippen LogP contribution in [0.25, 0.3) is 11.1 Å². The van der Waals surface area contributed by atoms with E-state index in [-0.39, 0.29) is 0 Å². The molecule has 0 aliphatic rings. The normalized spacial score (nSPS) is 12.0. The van der Waals surface area contributed by atoms with E-state index < -0.39 is 0 Å². The second kappa shape index (κ2) is 11.1. The van der Waals surface area contributed by atoms with Gasteiger partial charge in [0.25, 0.3) is 0 Å². The number of allylic oxidation sites excluding steroid dienone is 4. The highest BCUT2D eigenvalue weighted by molar-refractivity contribution is 5.63. The van der Waals surface area contributed by atoms with Crippen molar-refractivity contribution < 1.29 is 4.74 Å². The summed E-state index contributed by atoms with van der Waals surface area (Å²) < 4.78 is 5.24. The first-order valence-corrected chi connectivity index (χ1v) is 9.62. The highest BCUT2D eigenvalue weighted by Crippen LogP contribution is 2.21. The fraction of sp³-hybridized carbons (Fsp3) is 0.280. The summed E-state index contributed by atoms with van der Waals surface area (Å²) in [5.41, 5.74) is 4.91. The van der Waals surface area contributed by atoms with E-state index in [0.29, 0.717) is 0 Å². The second-order valence-corrected chi connectivity index (χ2v) is 6.62. The van der Waals surface area contributed by atoms with Crippen LogP contribution in [0, 0.1) is 0 Å². The Hall–Kier alpha value is -2.74. The Kier molecular flexibility index (Phi) is 8.44. The van der Waals surface area contributed by atoms with E-state index >= 15 is 0 Å². The summed E-state index contributed by atoms with van der Waals surface area (Å²) in [5.74, 6) is 0.886. The van der Waals surface area contributed by atoms with Gasteiger partial charge in [-0.25, -0.2) is 0 Å². The van der Waals surface area contributed by atoms with Crippen molar-refractivity contribution in [1.82, 2.24) is 4.90 Å². The van der Waals surface area contributed by atoms with Crippen LogP contribution in [0.4, 0.5) is 0 Å². The van der Waals surface area contributed by atoms with E-state index in [1.807, 2.05) is 25.1 Å². The molecule has 0 aromatic heterocycles. The van der Waals surface area contributed by atoms with Crippen molar-refractivity contribution in [3.8, 4) is 11.1 Å². The van der Waals surface area contributed by atoms with Crippen LogP contribution in [-0.4, -0.2) is 18.6 Å². The topological polar surface area (TPSA) is 12.5 Å². The number of methoxy groups -OCH3 is 1. The second-order valence-electron chi connectivity index (χ2n) is 6.62. The fourth-order valence-electron chi connectivity index (χ4n) is 2.88. The molecule has 0 radical (unpaired) electrons. The molecule has 0 heterocycles. The van der Waals surface area contributed by atoms with Crippen molar-refractivity contribution >= 4 is 0 Å². The van der Waals surface area contributed by atoms with Gasteiger partial charge in [0.15, 0.2) is 0 Å². The zero-order valence-corrected chi connectivity index (χ0v) is 16.8. The zero-order chi connectivity index (χ0) is 19.5. The van der Waals surface area contributed by atoms with E-state index in [0.717, 1.165) is 31.0 Å². The van der Waals surface area contributed by atoms with E-state index in [9.17, 15) is 0 Å². The van der Waals surface area contributed by atoms with Crippen LogP contribution >= 0.6 is 0 Å². The van der Waals surface area contributed by atoms with Crippen LogP contribution in [0.3, 0.4) is 0 Å². The average molecular weight is 362 g/mol. The molecule has 0 atom stereocenters. The number of ether oxygens (including phenoxy) is 1. The van der Waals surface area contributed by atoms with Crippen molar-refractivity contribution in [2.45, 2.75) is 33.2 Å². The molecule has 0 aliphatic carbocycles. The van der Waals surface area contributed by atoms with Crippen LogP contribution in [0.1, 0.15) is 32.3 Å². The van der Waals surface area contributed by atoms with Crippen molar-refractivity contribution in [3.63, 3.8) is 0 Å². The lowest BCUT2D eigenvalue weighted by molar-refractivity contribution is 0.293. The van der Waals surface area contributed by atoms with Crippen LogP contribution in [-0.2, 0) is 11.3 Å². The highest BCUT2D eigenvalue weighted by Gasteiger charge is 2.08. The molecule has 0 aliphatic heterocycles. The SMILES string of the molecule is C=C/C(=C\C=C(/C)OC)N(CCCC)Cc1ccc(-c2ccccc2)cc1. The number of hydrogen-bond donors (Lipinski definition) is 0.